The zero-order chi connectivity index (χ0) is 13.8. The van der Waals surface area contributed by atoms with Crippen LogP contribution in [0.3, 0.4) is 0 Å². The molecule has 0 aliphatic heterocycles. The predicted octanol–water partition coefficient (Wildman–Crippen LogP) is 3.36. The maximum atomic E-state index is 12.9. The Hall–Kier alpha value is -2.56. The minimum atomic E-state index is -0.389. The molecule has 2 aromatic rings. The third kappa shape index (κ3) is 3.45. The van der Waals surface area contributed by atoms with E-state index in [0.29, 0.717) is 22.6 Å². The van der Waals surface area contributed by atoms with Crippen molar-refractivity contribution in [1.29, 1.82) is 0 Å². The number of aryl methyl sites for hydroxylation is 1. The first kappa shape index (κ1) is 12.9. The van der Waals surface area contributed by atoms with Gasteiger partial charge in [-0.2, -0.15) is 0 Å². The van der Waals surface area contributed by atoms with Crippen LogP contribution in [0.15, 0.2) is 42.5 Å². The smallest absolute Gasteiger partial charge is 0.323 e. The van der Waals surface area contributed by atoms with Gasteiger partial charge < -0.3 is 16.4 Å². The summed E-state index contributed by atoms with van der Waals surface area (Å²) in [5.74, 6) is -0.331. The lowest BCUT2D eigenvalue weighted by Crippen LogP contribution is -2.19. The van der Waals surface area contributed by atoms with E-state index in [1.54, 1.807) is 31.2 Å². The molecule has 0 heterocycles. The van der Waals surface area contributed by atoms with Crippen LogP contribution < -0.4 is 16.4 Å². The second kappa shape index (κ2) is 5.39. The number of hydrogen-bond acceptors (Lipinski definition) is 2. The zero-order valence-corrected chi connectivity index (χ0v) is 10.4. The highest BCUT2D eigenvalue weighted by molar-refractivity contribution is 6.00. The Morgan fingerprint density at radius 2 is 1.79 bits per heavy atom. The van der Waals surface area contributed by atoms with Crippen molar-refractivity contribution in [2.45, 2.75) is 6.92 Å². The molecule has 0 saturated carbocycles. The number of amides is 2. The lowest BCUT2D eigenvalue weighted by Gasteiger charge is -2.10. The van der Waals surface area contributed by atoms with Gasteiger partial charge in [-0.3, -0.25) is 0 Å². The summed E-state index contributed by atoms with van der Waals surface area (Å²) in [7, 11) is 0. The highest BCUT2D eigenvalue weighted by Gasteiger charge is 2.05. The van der Waals surface area contributed by atoms with Crippen molar-refractivity contribution in [2.24, 2.45) is 0 Å². The van der Waals surface area contributed by atoms with Crippen molar-refractivity contribution in [3.8, 4) is 0 Å². The normalized spacial score (nSPS) is 10.0. The summed E-state index contributed by atoms with van der Waals surface area (Å²) >= 11 is 0. The molecule has 0 fully saturated rings. The monoisotopic (exact) mass is 259 g/mol. The van der Waals surface area contributed by atoms with Crippen LogP contribution in [0.4, 0.5) is 26.2 Å². The molecule has 19 heavy (non-hydrogen) atoms. The van der Waals surface area contributed by atoms with Crippen LogP contribution in [0.2, 0.25) is 0 Å². The summed E-state index contributed by atoms with van der Waals surface area (Å²) in [4.78, 5) is 11.8. The molecule has 4 N–H and O–H groups in total. The van der Waals surface area contributed by atoms with Gasteiger partial charge in [-0.1, -0.05) is 0 Å². The number of anilines is 3. The van der Waals surface area contributed by atoms with E-state index in [-0.39, 0.29) is 11.8 Å². The van der Waals surface area contributed by atoms with Crippen molar-refractivity contribution in [3.05, 3.63) is 53.8 Å². The number of nitrogens with one attached hydrogen (secondary N) is 2. The van der Waals surface area contributed by atoms with Crippen LogP contribution in [0.5, 0.6) is 0 Å². The molecule has 0 atom stereocenters. The van der Waals surface area contributed by atoms with Crippen molar-refractivity contribution in [1.82, 2.24) is 0 Å². The van der Waals surface area contributed by atoms with Crippen molar-refractivity contribution < 1.29 is 9.18 Å². The van der Waals surface area contributed by atoms with Crippen LogP contribution in [-0.2, 0) is 0 Å². The lowest BCUT2D eigenvalue weighted by molar-refractivity contribution is 0.262. The molecule has 2 aromatic carbocycles. The topological polar surface area (TPSA) is 67.2 Å². The summed E-state index contributed by atoms with van der Waals surface area (Å²) in [5, 5.41) is 5.31. The quantitative estimate of drug-likeness (QED) is 0.724. The average Bonchev–Trinajstić information content (AvgIpc) is 2.36. The third-order valence-electron chi connectivity index (χ3n) is 2.61. The second-order valence-corrected chi connectivity index (χ2v) is 4.16. The predicted molar refractivity (Wildman–Crippen MR) is 74.6 cm³/mol. The minimum absolute atomic E-state index is 0.331. The summed E-state index contributed by atoms with van der Waals surface area (Å²) in [6, 6.07) is 10.6. The molecule has 0 aromatic heterocycles. The molecule has 0 spiro atoms. The van der Waals surface area contributed by atoms with Gasteiger partial charge in [-0.25, -0.2) is 9.18 Å². The van der Waals surface area contributed by atoms with Crippen molar-refractivity contribution in [2.75, 3.05) is 16.4 Å². The summed E-state index contributed by atoms with van der Waals surface area (Å²) in [5.41, 5.74) is 8.03. The number of rotatable bonds is 2. The molecular formula is C14H14FN3O. The molecule has 0 radical (unpaired) electrons. The van der Waals surface area contributed by atoms with Crippen LogP contribution in [0.1, 0.15) is 5.56 Å². The standard InChI is InChI=1S/C14H14FN3O/c1-9-8-10(15)2-7-13(9)18-14(19)17-12-5-3-11(16)4-6-12/h2-8H,16H2,1H3,(H2,17,18,19). The molecule has 5 heteroatoms. The van der Waals surface area contributed by atoms with Gasteiger partial charge in [0, 0.05) is 17.1 Å². The van der Waals surface area contributed by atoms with Crippen LogP contribution in [0.25, 0.3) is 0 Å². The van der Waals surface area contributed by atoms with E-state index in [0.717, 1.165) is 0 Å². The Kier molecular flexibility index (Phi) is 3.66. The fourth-order valence-electron chi connectivity index (χ4n) is 1.62. The molecule has 0 saturated heterocycles. The maximum Gasteiger partial charge on any atom is 0.323 e. The van der Waals surface area contributed by atoms with Gasteiger partial charge in [-0.05, 0) is 55.0 Å². The maximum absolute atomic E-state index is 12.9. The summed E-state index contributed by atoms with van der Waals surface area (Å²) in [6.07, 6.45) is 0. The van der Waals surface area contributed by atoms with Gasteiger partial charge in [0.2, 0.25) is 0 Å². The molecule has 0 bridgehead atoms. The van der Waals surface area contributed by atoms with E-state index in [9.17, 15) is 9.18 Å². The molecule has 0 unspecified atom stereocenters. The Morgan fingerprint density at radius 3 is 2.42 bits per heavy atom. The highest BCUT2D eigenvalue weighted by Crippen LogP contribution is 2.16. The molecule has 98 valence electrons. The van der Waals surface area contributed by atoms with Gasteiger partial charge in [0.05, 0.1) is 0 Å². The molecule has 0 aliphatic rings. The fraction of sp³-hybridized carbons (Fsp3) is 0.0714. The number of hydrogen-bond donors (Lipinski definition) is 3. The van der Waals surface area contributed by atoms with E-state index < -0.39 is 0 Å². The van der Waals surface area contributed by atoms with Crippen LogP contribution in [0, 0.1) is 12.7 Å². The van der Waals surface area contributed by atoms with Gasteiger partial charge in [-0.15, -0.1) is 0 Å². The number of carbonyl (C=O) groups excluding carboxylic acids is 1. The minimum Gasteiger partial charge on any atom is -0.399 e. The number of nitrogens with two attached hydrogens (primary N) is 1. The van der Waals surface area contributed by atoms with E-state index in [2.05, 4.69) is 10.6 Å². The summed E-state index contributed by atoms with van der Waals surface area (Å²) in [6.45, 7) is 1.72. The molecule has 2 rings (SSSR count). The lowest BCUT2D eigenvalue weighted by atomic mass is 10.2. The Labute approximate surface area is 110 Å². The van der Waals surface area contributed by atoms with Gasteiger partial charge in [0.1, 0.15) is 5.82 Å². The van der Waals surface area contributed by atoms with E-state index >= 15 is 0 Å². The second-order valence-electron chi connectivity index (χ2n) is 4.16. The number of carbonyl (C=O) groups is 1. The van der Waals surface area contributed by atoms with Gasteiger partial charge in [0.25, 0.3) is 0 Å². The third-order valence-corrected chi connectivity index (χ3v) is 2.61. The Morgan fingerprint density at radius 1 is 1.11 bits per heavy atom. The van der Waals surface area contributed by atoms with E-state index in [1.165, 1.54) is 18.2 Å². The largest absolute Gasteiger partial charge is 0.399 e. The highest BCUT2D eigenvalue weighted by atomic mass is 19.1. The molecule has 2 amide bonds. The SMILES string of the molecule is Cc1cc(F)ccc1NC(=O)Nc1ccc(N)cc1. The number of benzene rings is 2. The molecule has 4 nitrogen and oxygen atoms in total. The Bertz CT molecular complexity index is 596. The first-order valence-corrected chi connectivity index (χ1v) is 5.74. The van der Waals surface area contributed by atoms with Gasteiger partial charge in [0.15, 0.2) is 0 Å². The van der Waals surface area contributed by atoms with E-state index in [4.69, 9.17) is 5.73 Å². The average molecular weight is 259 g/mol. The van der Waals surface area contributed by atoms with Gasteiger partial charge >= 0.3 is 6.03 Å². The molecular weight excluding hydrogens is 245 g/mol. The van der Waals surface area contributed by atoms with E-state index in [1.807, 2.05) is 0 Å². The fourth-order valence-corrected chi connectivity index (χ4v) is 1.62. The first-order chi connectivity index (χ1) is 9.04. The zero-order valence-electron chi connectivity index (χ0n) is 10.4. The first-order valence-electron chi connectivity index (χ1n) is 5.74. The number of nitrogen functional groups attached to an aromatic ring is 1. The molecule has 0 aliphatic carbocycles. The van der Waals surface area contributed by atoms with Crippen LogP contribution in [-0.4, -0.2) is 6.03 Å². The number of urea groups is 1. The van der Waals surface area contributed by atoms with Crippen molar-refractivity contribution in [3.63, 3.8) is 0 Å². The van der Waals surface area contributed by atoms with Crippen LogP contribution >= 0.6 is 0 Å². The van der Waals surface area contributed by atoms with Crippen molar-refractivity contribution >= 4 is 23.1 Å². The number of halogens is 1. The summed E-state index contributed by atoms with van der Waals surface area (Å²) < 4.78 is 12.9. The Balaban J connectivity index is 2.03.